The fraction of sp³-hybridized carbons (Fsp3) is 0.292. The summed E-state index contributed by atoms with van der Waals surface area (Å²) in [6, 6.07) is 11.7. The molecule has 1 atom stereocenters. The SMILES string of the molecule is O=C(C=Cc1ccc2c(c1)CCC2N(CCO)CCc1c[nH]c2ccc(O)cc12)NO. The highest BCUT2D eigenvalue weighted by Crippen LogP contribution is 2.36. The molecule has 1 heterocycles. The molecule has 1 amide bonds. The van der Waals surface area contributed by atoms with Gasteiger partial charge in [0.25, 0.3) is 5.91 Å². The third kappa shape index (κ3) is 4.64. The van der Waals surface area contributed by atoms with Gasteiger partial charge in [-0.05, 0) is 65.8 Å². The van der Waals surface area contributed by atoms with Crippen molar-refractivity contribution < 1.29 is 20.2 Å². The summed E-state index contributed by atoms with van der Waals surface area (Å²) in [4.78, 5) is 16.8. The van der Waals surface area contributed by atoms with E-state index >= 15 is 0 Å². The van der Waals surface area contributed by atoms with Gasteiger partial charge in [0, 0.05) is 42.3 Å². The summed E-state index contributed by atoms with van der Waals surface area (Å²) in [5, 5.41) is 29.1. The van der Waals surface area contributed by atoms with Gasteiger partial charge in [0.1, 0.15) is 5.75 Å². The molecule has 31 heavy (non-hydrogen) atoms. The number of aliphatic hydroxyl groups is 1. The monoisotopic (exact) mass is 421 g/mol. The molecular formula is C24H27N3O4. The lowest BCUT2D eigenvalue weighted by atomic mass is 10.0. The molecule has 7 heteroatoms. The molecule has 0 fully saturated rings. The number of carbonyl (C=O) groups is 1. The predicted molar refractivity (Wildman–Crippen MR) is 119 cm³/mol. The maximum atomic E-state index is 11.2. The van der Waals surface area contributed by atoms with Crippen LogP contribution < -0.4 is 5.48 Å². The average molecular weight is 421 g/mol. The number of nitrogens with one attached hydrogen (secondary N) is 2. The van der Waals surface area contributed by atoms with Crippen LogP contribution in [0.1, 0.15) is 34.7 Å². The van der Waals surface area contributed by atoms with Gasteiger partial charge in [0.2, 0.25) is 0 Å². The van der Waals surface area contributed by atoms with E-state index in [4.69, 9.17) is 5.21 Å². The molecule has 1 unspecified atom stereocenters. The number of benzene rings is 2. The molecule has 0 saturated heterocycles. The molecular weight excluding hydrogens is 394 g/mol. The average Bonchev–Trinajstić information content (AvgIpc) is 3.38. The second-order valence-electron chi connectivity index (χ2n) is 7.88. The van der Waals surface area contributed by atoms with Crippen molar-refractivity contribution in [1.29, 1.82) is 0 Å². The third-order valence-corrected chi connectivity index (χ3v) is 6.00. The Kier molecular flexibility index (Phi) is 6.36. The van der Waals surface area contributed by atoms with Gasteiger partial charge < -0.3 is 15.2 Å². The molecule has 0 radical (unpaired) electrons. The van der Waals surface area contributed by atoms with Gasteiger partial charge in [-0.15, -0.1) is 0 Å². The Balaban J connectivity index is 1.50. The number of nitrogens with zero attached hydrogens (tertiary/aromatic N) is 1. The number of carbonyl (C=O) groups excluding carboxylic acids is 1. The Morgan fingerprint density at radius 2 is 2.10 bits per heavy atom. The number of amides is 1. The third-order valence-electron chi connectivity index (χ3n) is 6.00. The molecule has 1 aliphatic rings. The van der Waals surface area contributed by atoms with Gasteiger partial charge in [0.15, 0.2) is 0 Å². The van der Waals surface area contributed by atoms with Crippen molar-refractivity contribution in [3.63, 3.8) is 0 Å². The van der Waals surface area contributed by atoms with E-state index in [2.05, 4.69) is 22.0 Å². The number of hydroxylamine groups is 1. The second-order valence-corrected chi connectivity index (χ2v) is 7.88. The van der Waals surface area contributed by atoms with Gasteiger partial charge in [-0.1, -0.05) is 18.2 Å². The standard InChI is InChI=1S/C24H27N3O4/c28-12-11-27(10-9-18-15-25-22-6-4-19(29)14-21(18)22)23-7-3-17-13-16(1-5-20(17)23)2-8-24(30)26-31/h1-2,4-6,8,13-15,23,25,28-29,31H,3,7,9-12H2,(H,26,30). The van der Waals surface area contributed by atoms with Gasteiger partial charge in [-0.2, -0.15) is 0 Å². The minimum absolute atomic E-state index is 0.0948. The van der Waals surface area contributed by atoms with E-state index in [9.17, 15) is 15.0 Å². The minimum Gasteiger partial charge on any atom is -0.508 e. The maximum absolute atomic E-state index is 11.2. The minimum atomic E-state index is -0.557. The van der Waals surface area contributed by atoms with Gasteiger partial charge in [0.05, 0.1) is 6.61 Å². The smallest absolute Gasteiger partial charge is 0.267 e. The van der Waals surface area contributed by atoms with E-state index in [0.29, 0.717) is 6.54 Å². The van der Waals surface area contributed by atoms with Crippen LogP contribution in [0.4, 0.5) is 0 Å². The van der Waals surface area contributed by atoms with Crippen LogP contribution in [0.3, 0.4) is 0 Å². The Hall–Kier alpha value is -3.13. The number of phenols is 1. The first kappa shape index (κ1) is 21.1. The van der Waals surface area contributed by atoms with Crippen LogP contribution in [-0.4, -0.2) is 50.9 Å². The summed E-state index contributed by atoms with van der Waals surface area (Å²) in [7, 11) is 0. The topological polar surface area (TPSA) is 109 Å². The van der Waals surface area contributed by atoms with Gasteiger partial charge >= 0.3 is 0 Å². The largest absolute Gasteiger partial charge is 0.508 e. The summed E-state index contributed by atoms with van der Waals surface area (Å²) < 4.78 is 0. The molecule has 7 nitrogen and oxygen atoms in total. The lowest BCUT2D eigenvalue weighted by Gasteiger charge is -2.29. The first-order valence-electron chi connectivity index (χ1n) is 10.5. The number of aromatic hydroxyl groups is 1. The van der Waals surface area contributed by atoms with Crippen LogP contribution in [0.25, 0.3) is 17.0 Å². The number of H-pyrrole nitrogens is 1. The molecule has 5 N–H and O–H groups in total. The van der Waals surface area contributed by atoms with Gasteiger partial charge in [-0.3, -0.25) is 14.9 Å². The van der Waals surface area contributed by atoms with Crippen LogP contribution in [-0.2, 0) is 17.6 Å². The highest BCUT2D eigenvalue weighted by molar-refractivity contribution is 5.90. The zero-order valence-electron chi connectivity index (χ0n) is 17.2. The second kappa shape index (κ2) is 9.34. The zero-order valence-corrected chi connectivity index (χ0v) is 17.2. The summed E-state index contributed by atoms with van der Waals surface area (Å²) in [6.45, 7) is 1.49. The number of hydrogen-bond acceptors (Lipinski definition) is 5. The highest BCUT2D eigenvalue weighted by Gasteiger charge is 2.27. The molecule has 4 rings (SSSR count). The number of aromatic nitrogens is 1. The maximum Gasteiger partial charge on any atom is 0.267 e. The molecule has 0 saturated carbocycles. The Labute approximate surface area is 180 Å². The van der Waals surface area contributed by atoms with Crippen LogP contribution >= 0.6 is 0 Å². The van der Waals surface area contributed by atoms with Crippen LogP contribution in [0, 0.1) is 0 Å². The lowest BCUT2D eigenvalue weighted by Crippen LogP contribution is -2.32. The predicted octanol–water partition coefficient (Wildman–Crippen LogP) is 2.92. The summed E-state index contributed by atoms with van der Waals surface area (Å²) in [6.07, 6.45) is 7.70. The number of aliphatic hydroxyl groups excluding tert-OH is 1. The van der Waals surface area contributed by atoms with Gasteiger partial charge in [-0.25, -0.2) is 5.48 Å². The number of fused-ring (bicyclic) bond motifs is 2. The van der Waals surface area contributed by atoms with Crippen LogP contribution in [0.2, 0.25) is 0 Å². The zero-order chi connectivity index (χ0) is 21.8. The van der Waals surface area contributed by atoms with E-state index in [0.717, 1.165) is 47.8 Å². The van der Waals surface area contributed by atoms with Crippen LogP contribution in [0.5, 0.6) is 5.75 Å². The lowest BCUT2D eigenvalue weighted by molar-refractivity contribution is -0.124. The summed E-state index contributed by atoms with van der Waals surface area (Å²) in [5.74, 6) is -0.301. The van der Waals surface area contributed by atoms with E-state index in [1.54, 1.807) is 23.7 Å². The first-order chi connectivity index (χ1) is 15.1. The molecule has 0 bridgehead atoms. The first-order valence-corrected chi connectivity index (χ1v) is 10.5. The number of aromatic amines is 1. The Morgan fingerprint density at radius 3 is 2.90 bits per heavy atom. The van der Waals surface area contributed by atoms with Crippen molar-refractivity contribution in [2.75, 3.05) is 19.7 Å². The quantitative estimate of drug-likeness (QED) is 0.218. The number of rotatable bonds is 8. The number of phenolic OH excluding ortho intramolecular Hbond substituents is 1. The van der Waals surface area contributed by atoms with Crippen molar-refractivity contribution in [1.82, 2.24) is 15.4 Å². The summed E-state index contributed by atoms with van der Waals surface area (Å²) >= 11 is 0. The molecule has 1 aliphatic carbocycles. The fourth-order valence-electron chi connectivity index (χ4n) is 4.50. The van der Waals surface area contributed by atoms with Crippen molar-refractivity contribution >= 4 is 22.9 Å². The van der Waals surface area contributed by atoms with Crippen molar-refractivity contribution in [3.05, 3.63) is 70.9 Å². The number of aryl methyl sites for hydroxylation is 1. The Morgan fingerprint density at radius 1 is 1.23 bits per heavy atom. The van der Waals surface area contributed by atoms with E-state index < -0.39 is 5.91 Å². The van der Waals surface area contributed by atoms with E-state index in [1.165, 1.54) is 17.2 Å². The molecule has 1 aromatic heterocycles. The highest BCUT2D eigenvalue weighted by atomic mass is 16.5. The fourth-order valence-corrected chi connectivity index (χ4v) is 4.50. The van der Waals surface area contributed by atoms with Crippen molar-refractivity contribution in [2.24, 2.45) is 0 Å². The summed E-state index contributed by atoms with van der Waals surface area (Å²) in [5.41, 5.74) is 7.16. The molecule has 162 valence electrons. The molecule has 2 aromatic carbocycles. The van der Waals surface area contributed by atoms with E-state index in [1.807, 2.05) is 18.3 Å². The Bertz CT molecular complexity index is 1110. The molecule has 0 aliphatic heterocycles. The van der Waals surface area contributed by atoms with Crippen molar-refractivity contribution in [2.45, 2.75) is 25.3 Å². The molecule has 0 spiro atoms. The van der Waals surface area contributed by atoms with E-state index in [-0.39, 0.29) is 18.4 Å². The number of hydrogen-bond donors (Lipinski definition) is 5. The van der Waals surface area contributed by atoms with Crippen LogP contribution in [0.15, 0.2) is 48.7 Å². The molecule has 3 aromatic rings. The van der Waals surface area contributed by atoms with Crippen molar-refractivity contribution in [3.8, 4) is 5.75 Å². The normalized spacial score (nSPS) is 15.8.